The summed E-state index contributed by atoms with van der Waals surface area (Å²) in [5, 5.41) is 3.73. The average Bonchev–Trinajstić information content (AvgIpc) is 3.33. The molecule has 192 valence electrons. The fourth-order valence-corrected chi connectivity index (χ4v) is 4.19. The maximum Gasteiger partial charge on any atom is 0.415 e. The van der Waals surface area contributed by atoms with Crippen molar-refractivity contribution in [2.24, 2.45) is 0 Å². The van der Waals surface area contributed by atoms with Crippen LogP contribution in [0, 0.1) is 0 Å². The number of rotatable bonds is 9. The summed E-state index contributed by atoms with van der Waals surface area (Å²) in [6, 6.07) is 20.6. The number of nitrogens with zero attached hydrogens (tertiary/aromatic N) is 2. The minimum atomic E-state index is -0.477. The molecule has 1 heterocycles. The van der Waals surface area contributed by atoms with Crippen LogP contribution in [0.5, 0.6) is 17.2 Å². The zero-order chi connectivity index (χ0) is 26.4. The number of carbonyl (C=O) groups is 2. The highest BCUT2D eigenvalue weighted by Crippen LogP contribution is 2.36. The predicted octanol–water partition coefficient (Wildman–Crippen LogP) is 5.80. The van der Waals surface area contributed by atoms with E-state index >= 15 is 0 Å². The van der Waals surface area contributed by atoms with Gasteiger partial charge in [-0.3, -0.25) is 4.79 Å². The lowest BCUT2D eigenvalue weighted by Crippen LogP contribution is -2.33. The van der Waals surface area contributed by atoms with Crippen LogP contribution < -0.4 is 19.5 Å². The molecule has 4 rings (SSSR count). The van der Waals surface area contributed by atoms with E-state index in [0.717, 1.165) is 16.5 Å². The summed E-state index contributed by atoms with van der Waals surface area (Å²) in [5.41, 5.74) is 2.84. The molecule has 0 unspecified atom stereocenters. The van der Waals surface area contributed by atoms with Crippen molar-refractivity contribution in [3.63, 3.8) is 0 Å². The van der Waals surface area contributed by atoms with Crippen molar-refractivity contribution >= 4 is 28.6 Å². The van der Waals surface area contributed by atoms with Gasteiger partial charge in [0.2, 0.25) is 0 Å². The Morgan fingerprint density at radius 1 is 0.865 bits per heavy atom. The third-order valence-electron chi connectivity index (χ3n) is 6.21. The molecule has 37 heavy (non-hydrogen) atoms. The van der Waals surface area contributed by atoms with Crippen LogP contribution in [0.25, 0.3) is 10.9 Å². The second-order valence-electron chi connectivity index (χ2n) is 8.36. The first-order valence-electron chi connectivity index (χ1n) is 12.1. The Labute approximate surface area is 216 Å². The normalized spacial score (nSPS) is 10.7. The number of hydrogen-bond acceptors (Lipinski definition) is 5. The number of hydrogen-bond donors (Lipinski definition) is 1. The fraction of sp³-hybridized carbons (Fsp3) is 0.241. The Morgan fingerprint density at radius 3 is 2.24 bits per heavy atom. The number of fused-ring (bicyclic) bond motifs is 1. The first-order chi connectivity index (χ1) is 18.0. The molecular formula is C29H31N3O5. The van der Waals surface area contributed by atoms with Crippen molar-refractivity contribution in [1.82, 2.24) is 9.47 Å². The third-order valence-corrected chi connectivity index (χ3v) is 6.21. The van der Waals surface area contributed by atoms with Crippen LogP contribution in [0.3, 0.4) is 0 Å². The highest BCUT2D eigenvalue weighted by molar-refractivity contribution is 6.11. The summed E-state index contributed by atoms with van der Waals surface area (Å²) >= 11 is 0. The Bertz CT molecular complexity index is 1390. The number of aromatic nitrogens is 1. The summed E-state index contributed by atoms with van der Waals surface area (Å²) in [7, 11) is 3.05. The molecule has 0 fully saturated rings. The van der Waals surface area contributed by atoms with Crippen LogP contribution in [0.2, 0.25) is 0 Å². The van der Waals surface area contributed by atoms with Crippen LogP contribution in [0.15, 0.2) is 72.9 Å². The van der Waals surface area contributed by atoms with E-state index in [4.69, 9.17) is 14.2 Å². The Kier molecular flexibility index (Phi) is 7.98. The summed E-state index contributed by atoms with van der Waals surface area (Å²) in [5.74, 6) is 0.864. The Balaban J connectivity index is 1.74. The molecule has 0 saturated carbocycles. The smallest absolute Gasteiger partial charge is 0.415 e. The fourth-order valence-electron chi connectivity index (χ4n) is 4.19. The maximum atomic E-state index is 13.3. The quantitative estimate of drug-likeness (QED) is 0.313. The van der Waals surface area contributed by atoms with E-state index in [2.05, 4.69) is 22.0 Å². The van der Waals surface area contributed by atoms with Gasteiger partial charge in [-0.2, -0.15) is 0 Å². The van der Waals surface area contributed by atoms with Crippen molar-refractivity contribution in [2.75, 3.05) is 32.6 Å². The molecule has 8 heteroatoms. The Morgan fingerprint density at radius 2 is 1.57 bits per heavy atom. The number of carbonyl (C=O) groups excluding carboxylic acids is 2. The zero-order valence-electron chi connectivity index (χ0n) is 21.5. The molecule has 2 amide bonds. The van der Waals surface area contributed by atoms with Gasteiger partial charge in [0.05, 0.1) is 25.4 Å². The topological polar surface area (TPSA) is 82.0 Å². The van der Waals surface area contributed by atoms with Gasteiger partial charge in [0.1, 0.15) is 0 Å². The number of nitrogens with one attached hydrogen (secondary N) is 1. The maximum absolute atomic E-state index is 13.3. The third kappa shape index (κ3) is 5.53. The molecule has 3 aromatic carbocycles. The minimum absolute atomic E-state index is 0.274. The standard InChI is InChI=1S/C29H31N3O5/c1-5-31(6-2)29(34)37-25-15-13-23-22(16-17-32(23)19-20-10-8-7-9-11-20)27(25)30-28(33)21-12-14-24(35-3)26(18-21)36-4/h7-18H,5-6,19H2,1-4H3,(H,30,33). The SMILES string of the molecule is CCN(CC)C(=O)Oc1ccc2c(ccn2Cc2ccccc2)c1NC(=O)c1ccc(OC)c(OC)c1. The molecule has 0 aliphatic carbocycles. The molecule has 0 radical (unpaired) electrons. The Hall–Kier alpha value is -4.46. The molecule has 1 N–H and O–H groups in total. The highest BCUT2D eigenvalue weighted by atomic mass is 16.6. The summed E-state index contributed by atoms with van der Waals surface area (Å²) in [4.78, 5) is 27.7. The highest BCUT2D eigenvalue weighted by Gasteiger charge is 2.20. The lowest BCUT2D eigenvalue weighted by atomic mass is 10.1. The first-order valence-corrected chi connectivity index (χ1v) is 12.1. The second-order valence-corrected chi connectivity index (χ2v) is 8.36. The number of methoxy groups -OCH3 is 2. The first kappa shape index (κ1) is 25.6. The predicted molar refractivity (Wildman–Crippen MR) is 144 cm³/mol. The van der Waals surface area contributed by atoms with Gasteiger partial charge in [-0.15, -0.1) is 0 Å². The van der Waals surface area contributed by atoms with Crippen molar-refractivity contribution < 1.29 is 23.8 Å². The summed E-state index contributed by atoms with van der Waals surface area (Å²) < 4.78 is 18.5. The van der Waals surface area contributed by atoms with E-state index < -0.39 is 6.09 Å². The van der Waals surface area contributed by atoms with Gasteiger partial charge in [0, 0.05) is 36.8 Å². The monoisotopic (exact) mass is 501 g/mol. The molecule has 8 nitrogen and oxygen atoms in total. The zero-order valence-corrected chi connectivity index (χ0v) is 21.5. The van der Waals surface area contributed by atoms with Crippen molar-refractivity contribution in [3.8, 4) is 17.2 Å². The molecule has 0 spiro atoms. The van der Waals surface area contributed by atoms with E-state index in [-0.39, 0.29) is 11.7 Å². The number of anilines is 1. The average molecular weight is 502 g/mol. The molecular weight excluding hydrogens is 470 g/mol. The second kappa shape index (κ2) is 11.5. The van der Waals surface area contributed by atoms with Gasteiger partial charge >= 0.3 is 6.09 Å². The summed E-state index contributed by atoms with van der Waals surface area (Å²) in [6.07, 6.45) is 1.48. The van der Waals surface area contributed by atoms with E-state index in [1.165, 1.54) is 14.2 Å². The van der Waals surface area contributed by atoms with Gasteiger partial charge in [-0.05, 0) is 55.8 Å². The van der Waals surface area contributed by atoms with Crippen molar-refractivity contribution in [1.29, 1.82) is 0 Å². The van der Waals surface area contributed by atoms with Gasteiger partial charge < -0.3 is 29.0 Å². The van der Waals surface area contributed by atoms with E-state index in [1.54, 1.807) is 29.2 Å². The van der Waals surface area contributed by atoms with Crippen LogP contribution in [-0.4, -0.2) is 48.8 Å². The van der Waals surface area contributed by atoms with E-state index in [9.17, 15) is 9.59 Å². The molecule has 0 aliphatic heterocycles. The summed E-state index contributed by atoms with van der Waals surface area (Å²) in [6.45, 7) is 5.46. The van der Waals surface area contributed by atoms with Crippen LogP contribution in [0.4, 0.5) is 10.5 Å². The van der Waals surface area contributed by atoms with Crippen LogP contribution in [-0.2, 0) is 6.54 Å². The largest absolute Gasteiger partial charge is 0.493 e. The van der Waals surface area contributed by atoms with Crippen LogP contribution >= 0.6 is 0 Å². The van der Waals surface area contributed by atoms with Gasteiger partial charge in [-0.25, -0.2) is 4.79 Å². The molecule has 1 aromatic heterocycles. The van der Waals surface area contributed by atoms with Gasteiger partial charge in [-0.1, -0.05) is 30.3 Å². The van der Waals surface area contributed by atoms with Crippen LogP contribution in [0.1, 0.15) is 29.8 Å². The lowest BCUT2D eigenvalue weighted by Gasteiger charge is -2.20. The van der Waals surface area contributed by atoms with E-state index in [1.807, 2.05) is 50.4 Å². The molecule has 0 bridgehead atoms. The molecule has 0 aliphatic rings. The van der Waals surface area contributed by atoms with Crippen molar-refractivity contribution in [3.05, 3.63) is 84.1 Å². The number of amides is 2. The molecule has 0 saturated heterocycles. The number of benzene rings is 3. The van der Waals surface area contributed by atoms with E-state index in [0.29, 0.717) is 42.4 Å². The van der Waals surface area contributed by atoms with Crippen molar-refractivity contribution in [2.45, 2.75) is 20.4 Å². The number of ether oxygens (including phenoxy) is 3. The van der Waals surface area contributed by atoms with Gasteiger partial charge in [0.25, 0.3) is 5.91 Å². The molecule has 0 atom stereocenters. The molecule has 4 aromatic rings. The van der Waals surface area contributed by atoms with Gasteiger partial charge in [0.15, 0.2) is 17.2 Å². The minimum Gasteiger partial charge on any atom is -0.493 e. The lowest BCUT2D eigenvalue weighted by molar-refractivity contribution is 0.102.